The number of benzene rings is 2. The molecule has 0 saturated carbocycles. The molecule has 1 N–H and O–H groups in total. The largest absolute Gasteiger partial charge is 0.370 e. The number of amides is 1. The highest BCUT2D eigenvalue weighted by atomic mass is 16.2. The molecule has 0 aliphatic carbocycles. The van der Waals surface area contributed by atoms with E-state index in [0.29, 0.717) is 6.54 Å². The van der Waals surface area contributed by atoms with Crippen molar-refractivity contribution in [1.82, 2.24) is 0 Å². The third kappa shape index (κ3) is 2.83. The summed E-state index contributed by atoms with van der Waals surface area (Å²) in [5.74, 6) is 0.105. The summed E-state index contributed by atoms with van der Waals surface area (Å²) in [5, 5.41) is 3.39. The Hall–Kier alpha value is -2.29. The smallest absolute Gasteiger partial charge is 0.252 e. The lowest BCUT2D eigenvalue weighted by Crippen LogP contribution is -2.53. The third-order valence-electron chi connectivity index (χ3n) is 4.59. The van der Waals surface area contributed by atoms with Gasteiger partial charge in [0.2, 0.25) is 0 Å². The molecule has 1 heterocycles. The van der Waals surface area contributed by atoms with Crippen LogP contribution in [0.1, 0.15) is 36.1 Å². The molecule has 2 aromatic rings. The molecule has 1 aliphatic heterocycles. The average molecular weight is 308 g/mol. The van der Waals surface area contributed by atoms with Crippen LogP contribution in [0.2, 0.25) is 0 Å². The van der Waals surface area contributed by atoms with Crippen LogP contribution in [-0.4, -0.2) is 11.4 Å². The van der Waals surface area contributed by atoms with E-state index < -0.39 is 5.54 Å². The number of nitrogens with one attached hydrogen (secondary N) is 1. The molecule has 0 bridgehead atoms. The topological polar surface area (TPSA) is 32.3 Å². The molecule has 0 spiro atoms. The molecule has 2 aromatic carbocycles. The molecular weight excluding hydrogens is 284 g/mol. The van der Waals surface area contributed by atoms with Crippen LogP contribution in [0, 0.1) is 20.8 Å². The molecule has 120 valence electrons. The van der Waals surface area contributed by atoms with Gasteiger partial charge in [-0.2, -0.15) is 0 Å². The molecule has 0 aromatic heterocycles. The maximum absolute atomic E-state index is 12.9. The monoisotopic (exact) mass is 308 g/mol. The van der Waals surface area contributed by atoms with Gasteiger partial charge in [0.1, 0.15) is 5.54 Å². The number of rotatable bonds is 2. The minimum absolute atomic E-state index is 0.105. The Morgan fingerprint density at radius 2 is 1.61 bits per heavy atom. The van der Waals surface area contributed by atoms with E-state index in [0.717, 1.165) is 16.9 Å². The Labute approximate surface area is 138 Å². The summed E-state index contributed by atoms with van der Waals surface area (Å²) in [5.41, 5.74) is 6.21. The van der Waals surface area contributed by atoms with Gasteiger partial charge in [-0.3, -0.25) is 4.79 Å². The van der Waals surface area contributed by atoms with Crippen molar-refractivity contribution in [2.45, 2.75) is 46.7 Å². The Balaban J connectivity index is 2.05. The number of hydrogen-bond donors (Lipinski definition) is 1. The predicted molar refractivity (Wildman–Crippen MR) is 96.0 cm³/mol. The number of aryl methyl sites for hydroxylation is 3. The van der Waals surface area contributed by atoms with Crippen molar-refractivity contribution in [3.8, 4) is 0 Å². The second-order valence-corrected chi connectivity index (χ2v) is 7.08. The van der Waals surface area contributed by atoms with E-state index in [1.54, 1.807) is 0 Å². The molecule has 3 heteroatoms. The van der Waals surface area contributed by atoms with Gasteiger partial charge in [0, 0.05) is 0 Å². The zero-order valence-electron chi connectivity index (χ0n) is 14.5. The second-order valence-electron chi connectivity index (χ2n) is 7.08. The van der Waals surface area contributed by atoms with Crippen molar-refractivity contribution in [3.05, 3.63) is 58.7 Å². The van der Waals surface area contributed by atoms with Crippen LogP contribution >= 0.6 is 0 Å². The number of hydrogen-bond acceptors (Lipinski definition) is 2. The summed E-state index contributed by atoms with van der Waals surface area (Å²) in [6.07, 6.45) is 0. The molecular formula is C20H24N2O. The third-order valence-corrected chi connectivity index (χ3v) is 4.59. The van der Waals surface area contributed by atoms with E-state index in [2.05, 4.69) is 62.5 Å². The molecule has 23 heavy (non-hydrogen) atoms. The lowest BCUT2D eigenvalue weighted by atomic mass is 9.95. The summed E-state index contributed by atoms with van der Waals surface area (Å²) in [4.78, 5) is 14.8. The van der Waals surface area contributed by atoms with Gasteiger partial charge in [-0.1, -0.05) is 29.8 Å². The van der Waals surface area contributed by atoms with Gasteiger partial charge in [0.25, 0.3) is 5.91 Å². The van der Waals surface area contributed by atoms with Gasteiger partial charge in [-0.05, 0) is 63.4 Å². The number of carbonyl (C=O) groups excluding carboxylic acids is 1. The van der Waals surface area contributed by atoms with Gasteiger partial charge < -0.3 is 10.2 Å². The first-order valence-corrected chi connectivity index (χ1v) is 8.05. The van der Waals surface area contributed by atoms with E-state index in [1.807, 2.05) is 18.7 Å². The minimum atomic E-state index is -0.598. The van der Waals surface area contributed by atoms with Crippen LogP contribution in [0.3, 0.4) is 0 Å². The van der Waals surface area contributed by atoms with Gasteiger partial charge in [0.05, 0.1) is 17.9 Å². The molecule has 0 atom stereocenters. The fourth-order valence-electron chi connectivity index (χ4n) is 2.99. The van der Waals surface area contributed by atoms with E-state index >= 15 is 0 Å². The lowest BCUT2D eigenvalue weighted by molar-refractivity contribution is -0.122. The molecule has 3 nitrogen and oxygen atoms in total. The van der Waals surface area contributed by atoms with Crippen LogP contribution in [0.15, 0.2) is 36.4 Å². The molecule has 0 fully saturated rings. The van der Waals surface area contributed by atoms with E-state index in [1.165, 1.54) is 16.7 Å². The SMILES string of the molecule is Cc1ccc(CN2C(=O)C(C)(C)Nc3cc(C)c(C)cc32)cc1. The van der Waals surface area contributed by atoms with Gasteiger partial charge >= 0.3 is 0 Å². The zero-order chi connectivity index (χ0) is 16.8. The maximum atomic E-state index is 12.9. The highest BCUT2D eigenvalue weighted by molar-refractivity contribution is 6.07. The first kappa shape index (κ1) is 15.6. The van der Waals surface area contributed by atoms with Crippen molar-refractivity contribution in [2.75, 3.05) is 10.2 Å². The Morgan fingerprint density at radius 1 is 1.00 bits per heavy atom. The fourth-order valence-corrected chi connectivity index (χ4v) is 2.99. The number of anilines is 2. The summed E-state index contributed by atoms with van der Waals surface area (Å²) in [6.45, 7) is 10.7. The number of carbonyl (C=O) groups is 1. The molecule has 1 amide bonds. The zero-order valence-corrected chi connectivity index (χ0v) is 14.5. The quantitative estimate of drug-likeness (QED) is 0.894. The fraction of sp³-hybridized carbons (Fsp3) is 0.350. The first-order valence-electron chi connectivity index (χ1n) is 8.05. The predicted octanol–water partition coefficient (Wildman–Crippen LogP) is 4.35. The standard InChI is InChI=1S/C20H24N2O/c1-13-6-8-16(9-7-13)12-22-18-11-15(3)14(2)10-17(18)21-20(4,5)19(22)23/h6-11,21H,12H2,1-5H3. The normalized spacial score (nSPS) is 16.0. The van der Waals surface area contributed by atoms with Crippen LogP contribution in [-0.2, 0) is 11.3 Å². The van der Waals surface area contributed by atoms with Crippen LogP contribution in [0.5, 0.6) is 0 Å². The van der Waals surface area contributed by atoms with E-state index in [4.69, 9.17) is 0 Å². The lowest BCUT2D eigenvalue weighted by Gasteiger charge is -2.40. The Kier molecular flexibility index (Phi) is 3.67. The average Bonchev–Trinajstić information content (AvgIpc) is 2.48. The summed E-state index contributed by atoms with van der Waals surface area (Å²) in [7, 11) is 0. The number of fused-ring (bicyclic) bond motifs is 1. The van der Waals surface area contributed by atoms with Crippen LogP contribution in [0.25, 0.3) is 0 Å². The van der Waals surface area contributed by atoms with Gasteiger partial charge in [-0.25, -0.2) is 0 Å². The molecule has 1 aliphatic rings. The van der Waals surface area contributed by atoms with Gasteiger partial charge in [-0.15, -0.1) is 0 Å². The van der Waals surface area contributed by atoms with Crippen molar-refractivity contribution >= 4 is 17.3 Å². The van der Waals surface area contributed by atoms with Crippen LogP contribution in [0.4, 0.5) is 11.4 Å². The molecule has 3 rings (SSSR count). The van der Waals surface area contributed by atoms with Crippen molar-refractivity contribution in [2.24, 2.45) is 0 Å². The Morgan fingerprint density at radius 3 is 2.26 bits per heavy atom. The summed E-state index contributed by atoms with van der Waals surface area (Å²) >= 11 is 0. The highest BCUT2D eigenvalue weighted by Crippen LogP contribution is 2.38. The minimum Gasteiger partial charge on any atom is -0.370 e. The molecule has 0 unspecified atom stereocenters. The van der Waals surface area contributed by atoms with Gasteiger partial charge in [0.15, 0.2) is 0 Å². The summed E-state index contributed by atoms with van der Waals surface area (Å²) < 4.78 is 0. The summed E-state index contributed by atoms with van der Waals surface area (Å²) in [6, 6.07) is 12.6. The first-order chi connectivity index (χ1) is 10.8. The molecule has 0 saturated heterocycles. The van der Waals surface area contributed by atoms with E-state index in [-0.39, 0.29) is 5.91 Å². The maximum Gasteiger partial charge on any atom is 0.252 e. The van der Waals surface area contributed by atoms with Crippen molar-refractivity contribution in [1.29, 1.82) is 0 Å². The molecule has 0 radical (unpaired) electrons. The highest BCUT2D eigenvalue weighted by Gasteiger charge is 2.38. The second kappa shape index (κ2) is 5.41. The number of nitrogens with zero attached hydrogens (tertiary/aromatic N) is 1. The Bertz CT molecular complexity index is 760. The van der Waals surface area contributed by atoms with Crippen molar-refractivity contribution in [3.63, 3.8) is 0 Å². The van der Waals surface area contributed by atoms with Crippen LogP contribution < -0.4 is 10.2 Å². The van der Waals surface area contributed by atoms with Crippen molar-refractivity contribution < 1.29 is 4.79 Å². The van der Waals surface area contributed by atoms with E-state index in [9.17, 15) is 4.79 Å².